The van der Waals surface area contributed by atoms with Crippen molar-refractivity contribution in [1.82, 2.24) is 10.3 Å². The number of hydrogen-bond donors (Lipinski definition) is 4. The molecule has 3 aromatic rings. The average molecular weight is 480 g/mol. The second-order valence-corrected chi connectivity index (χ2v) is 9.17. The molecule has 0 aliphatic rings. The largest absolute Gasteiger partial charge is 0.350 e. The summed E-state index contributed by atoms with van der Waals surface area (Å²) in [7, 11) is -3.73. The Hall–Kier alpha value is -2.99. The molecule has 3 amide bonds. The minimum absolute atomic E-state index is 0.0305. The monoisotopic (exact) mass is 479 g/mol. The summed E-state index contributed by atoms with van der Waals surface area (Å²) in [6.45, 7) is 0.324. The van der Waals surface area contributed by atoms with Crippen molar-refractivity contribution in [2.75, 3.05) is 17.2 Å². The van der Waals surface area contributed by atoms with E-state index in [1.54, 1.807) is 36.4 Å². The summed E-state index contributed by atoms with van der Waals surface area (Å²) in [6.07, 6.45) is 0.495. The van der Waals surface area contributed by atoms with Gasteiger partial charge in [0.05, 0.1) is 4.90 Å². The maximum Gasteiger partial charge on any atom is 0.325 e. The Morgan fingerprint density at radius 2 is 1.71 bits per heavy atom. The third-order valence-electron chi connectivity index (χ3n) is 4.01. The second-order valence-electron chi connectivity index (χ2n) is 6.32. The van der Waals surface area contributed by atoms with Crippen LogP contribution in [0.2, 0.25) is 5.02 Å². The Kier molecular flexibility index (Phi) is 7.23. The highest BCUT2D eigenvalue weighted by atomic mass is 35.5. The number of nitrogens with zero attached hydrogens (tertiary/aromatic N) is 1. The maximum atomic E-state index is 12.2. The molecular weight excluding hydrogens is 462 g/mol. The van der Waals surface area contributed by atoms with E-state index >= 15 is 0 Å². The molecular formula is C19H18ClN5O4S2. The number of amides is 3. The lowest BCUT2D eigenvalue weighted by atomic mass is 10.1. The summed E-state index contributed by atoms with van der Waals surface area (Å²) in [5.74, 6) is -0.386. The first-order chi connectivity index (χ1) is 14.7. The summed E-state index contributed by atoms with van der Waals surface area (Å²) in [6, 6.07) is 12.2. The van der Waals surface area contributed by atoms with Crippen molar-refractivity contribution in [3.8, 4) is 0 Å². The highest BCUT2D eigenvalue weighted by molar-refractivity contribution is 7.89. The standard InChI is InChI=1S/C19H18ClN5O4S2/c20-13-3-5-14(6-4-13)23-18(27)25-19-24-16(11-30-19)17(26)22-10-9-12-1-7-15(8-2-12)31(21,28)29/h1-8,11H,9-10H2,(H,22,26)(H2,21,28,29)(H2,23,24,25,27). The van der Waals surface area contributed by atoms with Crippen LogP contribution in [0, 0.1) is 0 Å². The zero-order chi connectivity index (χ0) is 22.4. The van der Waals surface area contributed by atoms with Crippen LogP contribution in [-0.4, -0.2) is 31.9 Å². The SMILES string of the molecule is NS(=O)(=O)c1ccc(CCNC(=O)c2csc(NC(=O)Nc3ccc(Cl)cc3)n2)cc1. The lowest BCUT2D eigenvalue weighted by Gasteiger charge is -2.05. The number of hydrogen-bond acceptors (Lipinski definition) is 6. The number of benzene rings is 2. The molecule has 3 rings (SSSR count). The quantitative estimate of drug-likeness (QED) is 0.411. The number of nitrogens with one attached hydrogen (secondary N) is 3. The van der Waals surface area contributed by atoms with Gasteiger partial charge in [0.1, 0.15) is 5.69 Å². The topological polar surface area (TPSA) is 143 Å². The van der Waals surface area contributed by atoms with Crippen LogP contribution < -0.4 is 21.1 Å². The van der Waals surface area contributed by atoms with Crippen LogP contribution in [0.25, 0.3) is 0 Å². The predicted octanol–water partition coefficient (Wildman–Crippen LogP) is 3.06. The van der Waals surface area contributed by atoms with Crippen LogP contribution in [0.5, 0.6) is 0 Å². The van der Waals surface area contributed by atoms with E-state index in [4.69, 9.17) is 16.7 Å². The number of thiazole rings is 1. The number of sulfonamides is 1. The number of primary sulfonamides is 1. The van der Waals surface area contributed by atoms with Crippen LogP contribution in [0.3, 0.4) is 0 Å². The van der Waals surface area contributed by atoms with E-state index in [-0.39, 0.29) is 21.6 Å². The van der Waals surface area contributed by atoms with Crippen LogP contribution in [0.15, 0.2) is 58.8 Å². The van der Waals surface area contributed by atoms with E-state index in [9.17, 15) is 18.0 Å². The number of carbonyl (C=O) groups is 2. The van der Waals surface area contributed by atoms with Crippen molar-refractivity contribution in [3.63, 3.8) is 0 Å². The number of anilines is 2. The zero-order valence-corrected chi connectivity index (χ0v) is 18.4. The average Bonchev–Trinajstić information content (AvgIpc) is 3.18. The highest BCUT2D eigenvalue weighted by Gasteiger charge is 2.13. The fraction of sp³-hybridized carbons (Fsp3) is 0.105. The Morgan fingerprint density at radius 3 is 2.35 bits per heavy atom. The lowest BCUT2D eigenvalue weighted by molar-refractivity contribution is 0.0950. The maximum absolute atomic E-state index is 12.2. The van der Waals surface area contributed by atoms with E-state index in [0.717, 1.165) is 16.9 Å². The molecule has 12 heteroatoms. The zero-order valence-electron chi connectivity index (χ0n) is 16.0. The van der Waals surface area contributed by atoms with Crippen molar-refractivity contribution in [3.05, 3.63) is 70.2 Å². The van der Waals surface area contributed by atoms with Crippen molar-refractivity contribution in [1.29, 1.82) is 0 Å². The van der Waals surface area contributed by atoms with Gasteiger partial charge in [0.25, 0.3) is 5.91 Å². The smallest absolute Gasteiger partial charge is 0.325 e. The molecule has 31 heavy (non-hydrogen) atoms. The number of carbonyl (C=O) groups excluding carboxylic acids is 2. The van der Waals surface area contributed by atoms with Gasteiger partial charge in [-0.1, -0.05) is 23.7 Å². The molecule has 0 atom stereocenters. The normalized spacial score (nSPS) is 11.0. The highest BCUT2D eigenvalue weighted by Crippen LogP contribution is 2.17. The van der Waals surface area contributed by atoms with Crippen LogP contribution >= 0.6 is 22.9 Å². The molecule has 0 saturated heterocycles. The van der Waals surface area contributed by atoms with Crippen molar-refractivity contribution in [2.45, 2.75) is 11.3 Å². The molecule has 0 fully saturated rings. The minimum atomic E-state index is -3.73. The molecule has 0 aliphatic heterocycles. The number of halogens is 1. The van der Waals surface area contributed by atoms with Crippen LogP contribution in [-0.2, 0) is 16.4 Å². The Bertz CT molecular complexity index is 1180. The van der Waals surface area contributed by atoms with Gasteiger partial charge in [-0.3, -0.25) is 10.1 Å². The first-order valence-electron chi connectivity index (χ1n) is 8.90. The summed E-state index contributed by atoms with van der Waals surface area (Å²) >= 11 is 6.92. The molecule has 0 aliphatic carbocycles. The lowest BCUT2D eigenvalue weighted by Crippen LogP contribution is -2.26. The van der Waals surface area contributed by atoms with E-state index in [2.05, 4.69) is 20.9 Å². The van der Waals surface area contributed by atoms with Crippen LogP contribution in [0.1, 0.15) is 16.1 Å². The first kappa shape index (κ1) is 22.7. The third kappa shape index (κ3) is 6.76. The van der Waals surface area contributed by atoms with E-state index in [1.165, 1.54) is 17.5 Å². The Morgan fingerprint density at radius 1 is 1.03 bits per heavy atom. The van der Waals surface area contributed by atoms with Crippen molar-refractivity contribution < 1.29 is 18.0 Å². The Labute approximate surface area is 187 Å². The van der Waals surface area contributed by atoms with E-state index in [0.29, 0.717) is 23.7 Å². The van der Waals surface area contributed by atoms with Gasteiger partial charge in [-0.15, -0.1) is 11.3 Å². The van der Waals surface area contributed by atoms with Gasteiger partial charge in [-0.2, -0.15) is 0 Å². The summed E-state index contributed by atoms with van der Waals surface area (Å²) in [5.41, 5.74) is 1.58. The van der Waals surface area contributed by atoms with Gasteiger partial charge in [-0.05, 0) is 48.4 Å². The molecule has 9 nitrogen and oxygen atoms in total. The molecule has 5 N–H and O–H groups in total. The summed E-state index contributed by atoms with van der Waals surface area (Å²) in [4.78, 5) is 28.4. The molecule has 0 spiro atoms. The van der Waals surface area contributed by atoms with Gasteiger partial charge < -0.3 is 10.6 Å². The minimum Gasteiger partial charge on any atom is -0.350 e. The molecule has 0 bridgehead atoms. The summed E-state index contributed by atoms with van der Waals surface area (Å²) in [5, 5.41) is 15.4. The Balaban J connectivity index is 1.47. The van der Waals surface area contributed by atoms with Gasteiger partial charge in [0.15, 0.2) is 5.13 Å². The number of aromatic nitrogens is 1. The molecule has 1 heterocycles. The molecule has 0 saturated carbocycles. The van der Waals surface area contributed by atoms with E-state index < -0.39 is 16.1 Å². The third-order valence-corrected chi connectivity index (χ3v) is 5.95. The second kappa shape index (κ2) is 9.88. The molecule has 0 unspecified atom stereocenters. The molecule has 162 valence electrons. The van der Waals surface area contributed by atoms with Gasteiger partial charge in [0, 0.05) is 22.6 Å². The molecule has 2 aromatic carbocycles. The van der Waals surface area contributed by atoms with Crippen molar-refractivity contribution >= 4 is 55.7 Å². The molecule has 1 aromatic heterocycles. The van der Waals surface area contributed by atoms with Gasteiger partial charge in [-0.25, -0.2) is 23.3 Å². The van der Waals surface area contributed by atoms with Crippen molar-refractivity contribution in [2.24, 2.45) is 5.14 Å². The van der Waals surface area contributed by atoms with E-state index in [1.807, 2.05) is 0 Å². The number of rotatable bonds is 7. The van der Waals surface area contributed by atoms with Crippen LogP contribution in [0.4, 0.5) is 15.6 Å². The fourth-order valence-electron chi connectivity index (χ4n) is 2.48. The fourth-order valence-corrected chi connectivity index (χ4v) is 3.81. The molecule has 0 radical (unpaired) electrons. The van der Waals surface area contributed by atoms with Gasteiger partial charge in [0.2, 0.25) is 10.0 Å². The number of nitrogens with two attached hydrogens (primary N) is 1. The first-order valence-corrected chi connectivity index (χ1v) is 11.7. The number of urea groups is 1. The summed E-state index contributed by atoms with van der Waals surface area (Å²) < 4.78 is 22.5. The van der Waals surface area contributed by atoms with Gasteiger partial charge >= 0.3 is 6.03 Å². The predicted molar refractivity (Wildman–Crippen MR) is 120 cm³/mol.